The molecule has 0 unspecified atom stereocenters. The van der Waals surface area contributed by atoms with E-state index in [1.165, 1.54) is 6.20 Å². The Balaban J connectivity index is 1.43. The van der Waals surface area contributed by atoms with Crippen LogP contribution in [0.4, 0.5) is 0 Å². The van der Waals surface area contributed by atoms with E-state index in [2.05, 4.69) is 15.2 Å². The van der Waals surface area contributed by atoms with Gasteiger partial charge in [0.1, 0.15) is 23.7 Å². The molecule has 134 valence electrons. The van der Waals surface area contributed by atoms with E-state index >= 15 is 0 Å². The quantitative estimate of drug-likeness (QED) is 0.735. The van der Waals surface area contributed by atoms with Crippen molar-refractivity contribution in [1.82, 2.24) is 20.1 Å². The number of carbonyl (C=O) groups is 1. The molecule has 3 heterocycles. The van der Waals surface area contributed by atoms with Crippen LogP contribution in [0, 0.1) is 0 Å². The van der Waals surface area contributed by atoms with Crippen molar-refractivity contribution in [1.29, 1.82) is 0 Å². The van der Waals surface area contributed by atoms with Crippen molar-refractivity contribution in [2.24, 2.45) is 0 Å². The molecule has 1 aliphatic heterocycles. The van der Waals surface area contributed by atoms with Gasteiger partial charge in [-0.25, -0.2) is 0 Å². The van der Waals surface area contributed by atoms with Gasteiger partial charge in [-0.3, -0.25) is 14.9 Å². The standard InChI is InChI=1S/C18H17ClN4O3/c19-14-9-21-22-17(14)18(25)23-6-4-16(15(24)10-23)26-13-2-1-11-3-5-20-8-12(11)7-13/h1-3,5,7-9,15-16,24H,4,6,10H2,(H,21,22)/t15-,16-/m1/s1. The molecular formula is C18H17ClN4O3. The van der Waals surface area contributed by atoms with Gasteiger partial charge in [0.25, 0.3) is 5.91 Å². The molecule has 2 aromatic heterocycles. The Morgan fingerprint density at radius 2 is 2.19 bits per heavy atom. The summed E-state index contributed by atoms with van der Waals surface area (Å²) in [6, 6.07) is 7.66. The predicted molar refractivity (Wildman–Crippen MR) is 96.3 cm³/mol. The molecule has 2 N–H and O–H groups in total. The van der Waals surface area contributed by atoms with Crippen LogP contribution in [0.5, 0.6) is 5.75 Å². The van der Waals surface area contributed by atoms with Gasteiger partial charge in [-0.05, 0) is 23.6 Å². The lowest BCUT2D eigenvalue weighted by molar-refractivity contribution is -0.0199. The second-order valence-corrected chi connectivity index (χ2v) is 6.65. The SMILES string of the molecule is O=C(c1[nH]ncc1Cl)N1CC[C@@H](Oc2ccc3ccncc3c2)[C@H](O)C1. The Kier molecular flexibility index (Phi) is 4.48. The molecular weight excluding hydrogens is 356 g/mol. The van der Waals surface area contributed by atoms with Crippen LogP contribution < -0.4 is 4.74 Å². The minimum absolute atomic E-state index is 0.175. The highest BCUT2D eigenvalue weighted by atomic mass is 35.5. The van der Waals surface area contributed by atoms with Crippen LogP contribution in [0.15, 0.2) is 42.9 Å². The summed E-state index contributed by atoms with van der Waals surface area (Å²) >= 11 is 5.94. The number of ether oxygens (including phenoxy) is 1. The fourth-order valence-corrected chi connectivity index (χ4v) is 3.29. The van der Waals surface area contributed by atoms with E-state index in [0.717, 1.165) is 10.8 Å². The number of nitrogens with one attached hydrogen (secondary N) is 1. The number of fused-ring (bicyclic) bond motifs is 1. The maximum Gasteiger partial charge on any atom is 0.273 e. The van der Waals surface area contributed by atoms with Crippen LogP contribution in [-0.2, 0) is 0 Å². The maximum atomic E-state index is 12.5. The first kappa shape index (κ1) is 16.8. The summed E-state index contributed by atoms with van der Waals surface area (Å²) < 4.78 is 5.96. The van der Waals surface area contributed by atoms with Gasteiger partial charge in [-0.15, -0.1) is 0 Å². The zero-order chi connectivity index (χ0) is 18.1. The number of aromatic nitrogens is 3. The van der Waals surface area contributed by atoms with E-state index < -0.39 is 6.10 Å². The molecule has 1 aliphatic rings. The van der Waals surface area contributed by atoms with Crippen LogP contribution in [0.2, 0.25) is 5.02 Å². The molecule has 4 rings (SSSR count). The number of β-amino-alcohol motifs (C(OH)–C–C–N with tert-alkyl or cyclic N) is 1. The molecule has 2 atom stereocenters. The zero-order valence-corrected chi connectivity index (χ0v) is 14.6. The lowest BCUT2D eigenvalue weighted by Crippen LogP contribution is -2.51. The number of halogens is 1. The number of hydrogen-bond acceptors (Lipinski definition) is 5. The lowest BCUT2D eigenvalue weighted by atomic mass is 10.0. The second kappa shape index (κ2) is 6.93. The van der Waals surface area contributed by atoms with Crippen LogP contribution in [0.3, 0.4) is 0 Å². The van der Waals surface area contributed by atoms with E-state index in [0.29, 0.717) is 18.7 Å². The average Bonchev–Trinajstić information content (AvgIpc) is 3.08. The Morgan fingerprint density at radius 3 is 2.96 bits per heavy atom. The fourth-order valence-electron chi connectivity index (χ4n) is 3.12. The molecule has 0 saturated carbocycles. The van der Waals surface area contributed by atoms with Crippen molar-refractivity contribution in [2.45, 2.75) is 18.6 Å². The fraction of sp³-hybridized carbons (Fsp3) is 0.278. The highest BCUT2D eigenvalue weighted by Crippen LogP contribution is 2.25. The normalized spacial score (nSPS) is 20.3. The van der Waals surface area contributed by atoms with E-state index in [1.807, 2.05) is 24.3 Å². The van der Waals surface area contributed by atoms with Gasteiger partial charge in [0.15, 0.2) is 0 Å². The van der Waals surface area contributed by atoms with Gasteiger partial charge in [0.2, 0.25) is 0 Å². The van der Waals surface area contributed by atoms with Crippen molar-refractivity contribution in [3.05, 3.63) is 53.6 Å². The lowest BCUT2D eigenvalue weighted by Gasteiger charge is -2.35. The van der Waals surface area contributed by atoms with Crippen LogP contribution in [0.1, 0.15) is 16.9 Å². The van der Waals surface area contributed by atoms with Crippen LogP contribution in [-0.4, -0.2) is 56.4 Å². The predicted octanol–water partition coefficient (Wildman–Crippen LogP) is 2.27. The number of benzene rings is 1. The number of aliphatic hydroxyl groups excluding tert-OH is 1. The Bertz CT molecular complexity index is 945. The van der Waals surface area contributed by atoms with Crippen molar-refractivity contribution in [3.63, 3.8) is 0 Å². The number of pyridine rings is 1. The summed E-state index contributed by atoms with van der Waals surface area (Å²) in [5.41, 5.74) is 0.236. The number of rotatable bonds is 3. The molecule has 7 nitrogen and oxygen atoms in total. The molecule has 3 aromatic rings. The molecule has 0 bridgehead atoms. The van der Waals surface area contributed by atoms with Crippen molar-refractivity contribution in [2.75, 3.05) is 13.1 Å². The number of hydrogen-bond donors (Lipinski definition) is 2. The third-order valence-corrected chi connectivity index (χ3v) is 4.80. The molecule has 1 fully saturated rings. The summed E-state index contributed by atoms with van der Waals surface area (Å²) in [6.45, 7) is 0.638. The van der Waals surface area contributed by atoms with E-state index in [1.54, 1.807) is 17.3 Å². The molecule has 0 aliphatic carbocycles. The first-order valence-electron chi connectivity index (χ1n) is 8.28. The number of piperidine rings is 1. The molecule has 1 amide bonds. The monoisotopic (exact) mass is 372 g/mol. The molecule has 1 saturated heterocycles. The maximum absolute atomic E-state index is 12.5. The zero-order valence-electron chi connectivity index (χ0n) is 13.8. The number of amides is 1. The average molecular weight is 373 g/mol. The molecule has 0 radical (unpaired) electrons. The number of nitrogens with zero attached hydrogens (tertiary/aromatic N) is 3. The van der Waals surface area contributed by atoms with E-state index in [-0.39, 0.29) is 29.3 Å². The number of aromatic amines is 1. The third kappa shape index (κ3) is 3.23. The topological polar surface area (TPSA) is 91.3 Å². The van der Waals surface area contributed by atoms with Gasteiger partial charge in [-0.1, -0.05) is 17.7 Å². The van der Waals surface area contributed by atoms with E-state index in [9.17, 15) is 9.90 Å². The first-order chi connectivity index (χ1) is 12.6. The smallest absolute Gasteiger partial charge is 0.273 e. The second-order valence-electron chi connectivity index (χ2n) is 6.24. The summed E-state index contributed by atoms with van der Waals surface area (Å²) in [7, 11) is 0. The number of carbonyl (C=O) groups excluding carboxylic acids is 1. The van der Waals surface area contributed by atoms with Crippen molar-refractivity contribution >= 4 is 28.3 Å². The van der Waals surface area contributed by atoms with E-state index in [4.69, 9.17) is 16.3 Å². The number of aliphatic hydroxyl groups is 1. The van der Waals surface area contributed by atoms with Gasteiger partial charge in [0.05, 0.1) is 17.8 Å². The summed E-state index contributed by atoms with van der Waals surface area (Å²) in [5.74, 6) is 0.396. The molecule has 8 heteroatoms. The van der Waals surface area contributed by atoms with Gasteiger partial charge >= 0.3 is 0 Å². The highest BCUT2D eigenvalue weighted by molar-refractivity contribution is 6.33. The summed E-state index contributed by atoms with van der Waals surface area (Å²) in [4.78, 5) is 18.1. The largest absolute Gasteiger partial charge is 0.488 e. The summed E-state index contributed by atoms with van der Waals surface area (Å²) in [5, 5.41) is 19.1. The molecule has 26 heavy (non-hydrogen) atoms. The van der Waals surface area contributed by atoms with Crippen molar-refractivity contribution in [3.8, 4) is 5.75 Å². The van der Waals surface area contributed by atoms with Crippen LogP contribution in [0.25, 0.3) is 10.8 Å². The van der Waals surface area contributed by atoms with Gasteiger partial charge in [0, 0.05) is 30.7 Å². The summed E-state index contributed by atoms with van der Waals surface area (Å²) in [6.07, 6.45) is 4.24. The Morgan fingerprint density at radius 1 is 1.31 bits per heavy atom. The minimum Gasteiger partial charge on any atom is -0.488 e. The highest BCUT2D eigenvalue weighted by Gasteiger charge is 2.33. The molecule has 0 spiro atoms. The van der Waals surface area contributed by atoms with Gasteiger partial charge < -0.3 is 14.7 Å². The van der Waals surface area contributed by atoms with Gasteiger partial charge in [-0.2, -0.15) is 5.10 Å². The number of likely N-dealkylation sites (tertiary alicyclic amines) is 1. The Labute approximate surface area is 154 Å². The van der Waals surface area contributed by atoms with Crippen molar-refractivity contribution < 1.29 is 14.6 Å². The third-order valence-electron chi connectivity index (χ3n) is 4.51. The minimum atomic E-state index is -0.793. The molecule has 1 aromatic carbocycles. The van der Waals surface area contributed by atoms with Crippen LogP contribution >= 0.6 is 11.6 Å². The first-order valence-corrected chi connectivity index (χ1v) is 8.66. The number of H-pyrrole nitrogens is 1. The Hall–Kier alpha value is -2.64.